The lowest BCUT2D eigenvalue weighted by molar-refractivity contribution is 0.0362. The van der Waals surface area contributed by atoms with Gasteiger partial charge in [0.2, 0.25) is 0 Å². The van der Waals surface area contributed by atoms with Gasteiger partial charge >= 0.3 is 0 Å². The number of aryl methyl sites for hydroxylation is 1. The maximum Gasteiger partial charge on any atom is 0.190 e. The summed E-state index contributed by atoms with van der Waals surface area (Å²) in [5.41, 5.74) is 3.24. The van der Waals surface area contributed by atoms with E-state index in [1.54, 1.807) is 6.92 Å². The normalized spacial score (nSPS) is 16.2. The molecule has 1 aromatic heterocycles. The fourth-order valence-electron chi connectivity index (χ4n) is 3.14. The number of ketones is 1. The zero-order chi connectivity index (χ0) is 18.5. The lowest BCUT2D eigenvalue weighted by Crippen LogP contribution is -2.39. The molecule has 0 radical (unpaired) electrons. The van der Waals surface area contributed by atoms with E-state index in [2.05, 4.69) is 28.5 Å². The van der Waals surface area contributed by atoms with Gasteiger partial charge in [-0.3, -0.25) is 9.69 Å². The molecule has 0 amide bonds. The highest BCUT2D eigenvalue weighted by atomic mass is 32.1. The highest BCUT2D eigenvalue weighted by molar-refractivity contribution is 7.11. The summed E-state index contributed by atoms with van der Waals surface area (Å²) in [6.45, 7) is 11.1. The molecule has 1 saturated heterocycles. The molecule has 0 bridgehead atoms. The molecule has 2 heterocycles. The number of thiazole rings is 1. The molecule has 0 N–H and O–H groups in total. The summed E-state index contributed by atoms with van der Waals surface area (Å²) in [6, 6.07) is 8.33. The van der Waals surface area contributed by atoms with Crippen LogP contribution in [0.3, 0.4) is 0 Å². The summed E-state index contributed by atoms with van der Waals surface area (Å²) in [5, 5.41) is 0. The molecule has 0 spiro atoms. The highest BCUT2D eigenvalue weighted by Gasteiger charge is 2.15. The SMILES string of the molecule is CCc1ccc(N=c2sc(C(C)=O)c(C)n2CCN2CCOCC2)cc1. The molecule has 1 aliphatic heterocycles. The van der Waals surface area contributed by atoms with Crippen molar-refractivity contribution in [3.63, 3.8) is 0 Å². The van der Waals surface area contributed by atoms with Crippen LogP contribution in [0, 0.1) is 6.92 Å². The molecule has 1 aliphatic rings. The van der Waals surface area contributed by atoms with Gasteiger partial charge in [0.15, 0.2) is 10.6 Å². The minimum atomic E-state index is 0.107. The maximum atomic E-state index is 12.0. The van der Waals surface area contributed by atoms with Crippen molar-refractivity contribution in [1.29, 1.82) is 0 Å². The number of aromatic nitrogens is 1. The van der Waals surface area contributed by atoms with E-state index in [1.165, 1.54) is 16.9 Å². The Hall–Kier alpha value is -1.76. The summed E-state index contributed by atoms with van der Waals surface area (Å²) in [7, 11) is 0. The van der Waals surface area contributed by atoms with Gasteiger partial charge in [0.1, 0.15) is 0 Å². The third kappa shape index (κ3) is 4.50. The first-order valence-corrected chi connectivity index (χ1v) is 10.0. The van der Waals surface area contributed by atoms with Gasteiger partial charge in [0.05, 0.1) is 23.8 Å². The van der Waals surface area contributed by atoms with Gasteiger partial charge in [-0.25, -0.2) is 4.99 Å². The Bertz CT molecular complexity index is 815. The first kappa shape index (κ1) is 19.0. The molecule has 26 heavy (non-hydrogen) atoms. The standard InChI is InChI=1S/C20H27N3O2S/c1-4-17-5-7-18(8-6-17)21-20-23(15(2)19(26-20)16(3)24)10-9-22-11-13-25-14-12-22/h5-8H,4,9-14H2,1-3H3. The lowest BCUT2D eigenvalue weighted by Gasteiger charge is -2.26. The second-order valence-electron chi connectivity index (χ2n) is 6.59. The Morgan fingerprint density at radius 1 is 1.19 bits per heavy atom. The number of Topliss-reactive ketones (excluding diaryl/α,β-unsaturated/α-hetero) is 1. The van der Waals surface area contributed by atoms with Gasteiger partial charge in [-0.15, -0.1) is 0 Å². The lowest BCUT2D eigenvalue weighted by atomic mass is 10.2. The number of carbonyl (C=O) groups is 1. The van der Waals surface area contributed by atoms with E-state index in [4.69, 9.17) is 9.73 Å². The minimum absolute atomic E-state index is 0.107. The van der Waals surface area contributed by atoms with Crippen LogP contribution in [0.25, 0.3) is 0 Å². The molecular formula is C20H27N3O2S. The third-order valence-electron chi connectivity index (χ3n) is 4.79. The second-order valence-corrected chi connectivity index (χ2v) is 7.57. The molecule has 5 nitrogen and oxygen atoms in total. The van der Waals surface area contributed by atoms with Crippen molar-refractivity contribution in [2.75, 3.05) is 32.8 Å². The average Bonchev–Trinajstić information content (AvgIpc) is 2.97. The fourth-order valence-corrected chi connectivity index (χ4v) is 4.22. The summed E-state index contributed by atoms with van der Waals surface area (Å²) in [6.07, 6.45) is 1.02. The van der Waals surface area contributed by atoms with Crippen molar-refractivity contribution in [2.45, 2.75) is 33.7 Å². The Balaban J connectivity index is 1.90. The van der Waals surface area contributed by atoms with Crippen molar-refractivity contribution >= 4 is 22.8 Å². The Morgan fingerprint density at radius 3 is 2.50 bits per heavy atom. The fraction of sp³-hybridized carbons (Fsp3) is 0.500. The molecule has 0 unspecified atom stereocenters. The molecular weight excluding hydrogens is 346 g/mol. The van der Waals surface area contributed by atoms with Crippen LogP contribution >= 0.6 is 11.3 Å². The van der Waals surface area contributed by atoms with E-state index < -0.39 is 0 Å². The van der Waals surface area contributed by atoms with Gasteiger partial charge in [-0.1, -0.05) is 30.4 Å². The maximum absolute atomic E-state index is 12.0. The van der Waals surface area contributed by atoms with E-state index >= 15 is 0 Å². The number of ether oxygens (including phenoxy) is 1. The Kier molecular flexibility index (Phi) is 6.40. The zero-order valence-corrected chi connectivity index (χ0v) is 16.6. The van der Waals surface area contributed by atoms with Gasteiger partial charge in [0.25, 0.3) is 0 Å². The average molecular weight is 374 g/mol. The molecule has 0 saturated carbocycles. The summed E-state index contributed by atoms with van der Waals surface area (Å²) >= 11 is 1.49. The molecule has 6 heteroatoms. The highest BCUT2D eigenvalue weighted by Crippen LogP contribution is 2.17. The first-order valence-electron chi connectivity index (χ1n) is 9.23. The predicted molar refractivity (Wildman–Crippen MR) is 105 cm³/mol. The van der Waals surface area contributed by atoms with E-state index in [0.29, 0.717) is 0 Å². The number of benzene rings is 1. The van der Waals surface area contributed by atoms with Crippen LogP contribution in [0.4, 0.5) is 5.69 Å². The van der Waals surface area contributed by atoms with Crippen LogP contribution in [0.1, 0.15) is 34.8 Å². The van der Waals surface area contributed by atoms with E-state index in [1.807, 2.05) is 19.1 Å². The molecule has 140 valence electrons. The monoisotopic (exact) mass is 373 g/mol. The number of nitrogens with zero attached hydrogens (tertiary/aromatic N) is 3. The number of carbonyl (C=O) groups excluding carboxylic acids is 1. The van der Waals surface area contributed by atoms with Crippen LogP contribution < -0.4 is 4.80 Å². The van der Waals surface area contributed by atoms with Crippen LogP contribution in [-0.4, -0.2) is 48.1 Å². The predicted octanol–water partition coefficient (Wildman–Crippen LogP) is 3.19. The van der Waals surface area contributed by atoms with Gasteiger partial charge in [0, 0.05) is 38.8 Å². The zero-order valence-electron chi connectivity index (χ0n) is 15.8. The summed E-state index contributed by atoms with van der Waals surface area (Å²) in [4.78, 5) is 20.9. The van der Waals surface area contributed by atoms with E-state index in [9.17, 15) is 4.79 Å². The molecule has 1 aromatic carbocycles. The first-order chi connectivity index (χ1) is 12.6. The van der Waals surface area contributed by atoms with Gasteiger partial charge in [-0.05, 0) is 31.0 Å². The minimum Gasteiger partial charge on any atom is -0.379 e. The summed E-state index contributed by atoms with van der Waals surface area (Å²) in [5.74, 6) is 0.107. The van der Waals surface area contributed by atoms with Crippen molar-refractivity contribution in [3.05, 3.63) is 45.2 Å². The van der Waals surface area contributed by atoms with E-state index in [0.717, 1.165) is 66.9 Å². The van der Waals surface area contributed by atoms with Crippen molar-refractivity contribution in [3.8, 4) is 0 Å². The number of hydrogen-bond acceptors (Lipinski definition) is 5. The van der Waals surface area contributed by atoms with Gasteiger partial charge < -0.3 is 9.30 Å². The molecule has 2 aromatic rings. The number of rotatable bonds is 6. The molecule has 0 aliphatic carbocycles. The third-order valence-corrected chi connectivity index (χ3v) is 6.07. The smallest absolute Gasteiger partial charge is 0.190 e. The quantitative estimate of drug-likeness (QED) is 0.731. The largest absolute Gasteiger partial charge is 0.379 e. The van der Waals surface area contributed by atoms with Crippen molar-refractivity contribution < 1.29 is 9.53 Å². The number of morpholine rings is 1. The number of hydrogen-bond donors (Lipinski definition) is 0. The van der Waals surface area contributed by atoms with Crippen molar-refractivity contribution in [1.82, 2.24) is 9.47 Å². The molecule has 3 rings (SSSR count). The Morgan fingerprint density at radius 2 is 1.88 bits per heavy atom. The van der Waals surface area contributed by atoms with Crippen molar-refractivity contribution in [2.24, 2.45) is 4.99 Å². The second kappa shape index (κ2) is 8.75. The van der Waals surface area contributed by atoms with E-state index in [-0.39, 0.29) is 5.78 Å². The Labute approximate surface area is 158 Å². The van der Waals surface area contributed by atoms with Gasteiger partial charge in [-0.2, -0.15) is 0 Å². The molecule has 0 atom stereocenters. The molecule has 1 fully saturated rings. The topological polar surface area (TPSA) is 46.8 Å². The van der Waals surface area contributed by atoms with Crippen LogP contribution in [-0.2, 0) is 17.7 Å². The summed E-state index contributed by atoms with van der Waals surface area (Å²) < 4.78 is 7.61. The van der Waals surface area contributed by atoms with Crippen LogP contribution in [0.15, 0.2) is 29.3 Å². The van der Waals surface area contributed by atoms with Crippen LogP contribution in [0.5, 0.6) is 0 Å². The van der Waals surface area contributed by atoms with Crippen LogP contribution in [0.2, 0.25) is 0 Å².